The van der Waals surface area contributed by atoms with Crippen molar-refractivity contribution in [2.24, 2.45) is 5.73 Å². The number of alkyl halides is 4. The van der Waals surface area contributed by atoms with Crippen molar-refractivity contribution >= 4 is 75.7 Å². The van der Waals surface area contributed by atoms with Gasteiger partial charge >= 0.3 is 11.7 Å². The highest BCUT2D eigenvalue weighted by Gasteiger charge is 2.47. The molecule has 1 aromatic carbocycles. The number of H-pyrrole nitrogens is 1. The van der Waals surface area contributed by atoms with Crippen LogP contribution >= 0.6 is 63.7 Å². The van der Waals surface area contributed by atoms with E-state index in [2.05, 4.69) is 90.9 Å². The van der Waals surface area contributed by atoms with Gasteiger partial charge in [0.2, 0.25) is 5.91 Å². The number of amides is 3. The van der Waals surface area contributed by atoms with Crippen molar-refractivity contribution in [2.45, 2.75) is 69.2 Å². The standard InChI is InChI=1S/C34H46Br4N8O3/c1-42-15-17-43(18-16-42)25-7-11-44(12-8-25)29(47)27(19-23-20-33(35,36)30(39)34(37,38)21-23)40-31(48)45-13-9-26(10-14-45)46-22-28(41-32(46)49)24-5-3-2-4-6-24/h2-6,20,22,25-27,30H,7-19,21,39H2,1H3,(H,40,48)(H,41,49)/t27-,30?/m1/s1. The number of piperidine rings is 2. The van der Waals surface area contributed by atoms with Gasteiger partial charge in [0.1, 0.15) is 12.5 Å². The normalized spacial score (nSPS) is 24.8. The van der Waals surface area contributed by atoms with Gasteiger partial charge in [0.15, 0.2) is 0 Å². The number of rotatable bonds is 7. The summed E-state index contributed by atoms with van der Waals surface area (Å²) in [6.07, 6.45) is 8.00. The second-order valence-corrected chi connectivity index (χ2v) is 21.5. The Morgan fingerprint density at radius 2 is 1.53 bits per heavy atom. The van der Waals surface area contributed by atoms with E-state index in [1.54, 1.807) is 9.47 Å². The molecule has 1 unspecified atom stereocenters. The van der Waals surface area contributed by atoms with Crippen LogP contribution < -0.4 is 16.7 Å². The second kappa shape index (κ2) is 15.6. The summed E-state index contributed by atoms with van der Waals surface area (Å²) in [5.41, 5.74) is 9.09. The van der Waals surface area contributed by atoms with Crippen LogP contribution in [0.2, 0.25) is 0 Å². The number of likely N-dealkylation sites (N-methyl/N-ethyl adjacent to an activating group) is 1. The average Bonchev–Trinajstić information content (AvgIpc) is 3.48. The van der Waals surface area contributed by atoms with Crippen LogP contribution in [-0.4, -0.2) is 125 Å². The van der Waals surface area contributed by atoms with E-state index in [4.69, 9.17) is 5.73 Å². The number of urea groups is 1. The molecule has 0 spiro atoms. The number of hydrogen-bond acceptors (Lipinski definition) is 6. The van der Waals surface area contributed by atoms with Gasteiger partial charge in [-0.2, -0.15) is 0 Å². The molecule has 4 N–H and O–H groups in total. The van der Waals surface area contributed by atoms with Gasteiger partial charge in [-0.3, -0.25) is 14.3 Å². The molecule has 3 fully saturated rings. The number of aromatic nitrogens is 2. The maximum atomic E-state index is 14.2. The Labute approximate surface area is 321 Å². The van der Waals surface area contributed by atoms with Crippen molar-refractivity contribution in [3.63, 3.8) is 0 Å². The average molecular weight is 934 g/mol. The lowest BCUT2D eigenvalue weighted by molar-refractivity contribution is -0.135. The van der Waals surface area contributed by atoms with Gasteiger partial charge < -0.3 is 30.7 Å². The molecule has 1 aliphatic carbocycles. The number of benzene rings is 1. The number of carbonyl (C=O) groups excluding carboxylic acids is 2. The first kappa shape index (κ1) is 37.3. The highest BCUT2D eigenvalue weighted by molar-refractivity contribution is 9.26. The zero-order valence-electron chi connectivity index (χ0n) is 27.8. The van der Waals surface area contributed by atoms with Crippen LogP contribution in [0.1, 0.15) is 44.6 Å². The number of likely N-dealkylation sites (tertiary alicyclic amines) is 2. The van der Waals surface area contributed by atoms with Crippen LogP contribution in [0.5, 0.6) is 0 Å². The molecule has 1 aromatic heterocycles. The summed E-state index contributed by atoms with van der Waals surface area (Å²) in [6.45, 7) is 6.61. The van der Waals surface area contributed by atoms with Crippen molar-refractivity contribution < 1.29 is 9.59 Å². The monoisotopic (exact) mass is 930 g/mol. The number of hydrogen-bond donors (Lipinski definition) is 3. The van der Waals surface area contributed by atoms with Crippen LogP contribution in [0, 0.1) is 0 Å². The molecular weight excluding hydrogens is 888 g/mol. The summed E-state index contributed by atoms with van der Waals surface area (Å²) >= 11 is 14.9. The lowest BCUT2D eigenvalue weighted by Gasteiger charge is -2.43. The van der Waals surface area contributed by atoms with Crippen molar-refractivity contribution in [2.75, 3.05) is 59.4 Å². The van der Waals surface area contributed by atoms with Crippen LogP contribution in [0.4, 0.5) is 4.79 Å². The number of halogens is 4. The van der Waals surface area contributed by atoms with Crippen molar-refractivity contribution in [3.8, 4) is 11.3 Å². The van der Waals surface area contributed by atoms with Gasteiger partial charge in [0.05, 0.1) is 11.7 Å². The van der Waals surface area contributed by atoms with Crippen molar-refractivity contribution in [1.29, 1.82) is 0 Å². The van der Waals surface area contributed by atoms with Gasteiger partial charge in [-0.15, -0.1) is 0 Å². The van der Waals surface area contributed by atoms with Gasteiger partial charge in [-0.1, -0.05) is 106 Å². The summed E-state index contributed by atoms with van der Waals surface area (Å²) in [5, 5.41) is 3.14. The maximum absolute atomic E-state index is 14.2. The molecule has 0 radical (unpaired) electrons. The predicted octanol–water partition coefficient (Wildman–Crippen LogP) is 4.82. The molecule has 6 rings (SSSR count). The van der Waals surface area contributed by atoms with Crippen molar-refractivity contribution in [3.05, 3.63) is 58.7 Å². The topological polar surface area (TPSA) is 123 Å². The number of nitrogens with one attached hydrogen (secondary N) is 2. The summed E-state index contributed by atoms with van der Waals surface area (Å²) in [6, 6.07) is 8.94. The van der Waals surface area contributed by atoms with Crippen LogP contribution in [-0.2, 0) is 4.79 Å². The Balaban J connectivity index is 1.12. The molecule has 0 bridgehead atoms. The lowest BCUT2D eigenvalue weighted by atomic mass is 9.90. The van der Waals surface area contributed by atoms with Gasteiger partial charge in [0, 0.05) is 70.6 Å². The number of nitrogens with zero attached hydrogens (tertiary/aromatic N) is 5. The van der Waals surface area contributed by atoms with Gasteiger partial charge in [-0.05, 0) is 51.1 Å². The SMILES string of the molecule is CN1CCN(C2CCN(C(=O)[C@@H](CC3=CC(Br)(Br)C(N)C(Br)(Br)C3)NC(=O)N3CCC(n4cc(-c5ccccc5)[nH]c4=O)CC3)CC2)CC1. The Morgan fingerprint density at radius 1 is 0.918 bits per heavy atom. The molecule has 49 heavy (non-hydrogen) atoms. The predicted molar refractivity (Wildman–Crippen MR) is 208 cm³/mol. The first-order valence-electron chi connectivity index (χ1n) is 17.2. The minimum Gasteiger partial charge on any atom is -0.341 e. The van der Waals surface area contributed by atoms with Gasteiger partial charge in [0.25, 0.3) is 0 Å². The van der Waals surface area contributed by atoms with Gasteiger partial charge in [-0.25, -0.2) is 9.59 Å². The van der Waals surface area contributed by atoms with E-state index in [1.807, 2.05) is 47.5 Å². The first-order chi connectivity index (χ1) is 23.3. The number of piperazine rings is 1. The fourth-order valence-corrected chi connectivity index (χ4v) is 11.7. The molecule has 2 atom stereocenters. The second-order valence-electron chi connectivity index (χ2n) is 14.0. The maximum Gasteiger partial charge on any atom is 0.326 e. The minimum atomic E-state index is -0.724. The molecule has 11 nitrogen and oxygen atoms in total. The number of nitrogens with two attached hydrogens (primary N) is 1. The zero-order valence-corrected chi connectivity index (χ0v) is 34.1. The van der Waals surface area contributed by atoms with E-state index in [0.29, 0.717) is 57.9 Å². The van der Waals surface area contributed by atoms with E-state index in [0.717, 1.165) is 55.9 Å². The lowest BCUT2D eigenvalue weighted by Crippen LogP contribution is -2.57. The molecule has 2 aromatic rings. The highest BCUT2D eigenvalue weighted by atomic mass is 79.9. The van der Waals surface area contributed by atoms with E-state index >= 15 is 0 Å². The fourth-order valence-electron chi connectivity index (χ4n) is 7.59. The molecule has 4 heterocycles. The molecular formula is C34H46Br4N8O3. The Morgan fingerprint density at radius 3 is 2.16 bits per heavy atom. The number of aromatic amines is 1. The highest BCUT2D eigenvalue weighted by Crippen LogP contribution is 2.51. The number of carbonyl (C=O) groups is 2. The summed E-state index contributed by atoms with van der Waals surface area (Å²) in [7, 11) is 2.17. The summed E-state index contributed by atoms with van der Waals surface area (Å²) < 4.78 is 0.487. The smallest absolute Gasteiger partial charge is 0.326 e. The largest absolute Gasteiger partial charge is 0.341 e. The molecule has 3 aliphatic heterocycles. The third kappa shape index (κ3) is 8.77. The third-order valence-electron chi connectivity index (χ3n) is 10.6. The summed E-state index contributed by atoms with van der Waals surface area (Å²) in [4.78, 5) is 52.5. The zero-order chi connectivity index (χ0) is 34.9. The Hall–Kier alpha value is -1.49. The van der Waals surface area contributed by atoms with Crippen LogP contribution in [0.25, 0.3) is 11.3 Å². The Kier molecular flexibility index (Phi) is 11.9. The van der Waals surface area contributed by atoms with Crippen LogP contribution in [0.3, 0.4) is 0 Å². The van der Waals surface area contributed by atoms with Crippen molar-refractivity contribution in [1.82, 2.24) is 34.5 Å². The third-order valence-corrected chi connectivity index (χ3v) is 13.6. The summed E-state index contributed by atoms with van der Waals surface area (Å²) in [5.74, 6) is -0.0485. The Bertz CT molecular complexity index is 1560. The first-order valence-corrected chi connectivity index (χ1v) is 20.3. The number of imidazole rings is 1. The van der Waals surface area contributed by atoms with E-state index in [-0.39, 0.29) is 29.7 Å². The quantitative estimate of drug-likeness (QED) is 0.271. The molecule has 268 valence electrons. The fraction of sp³-hybridized carbons (Fsp3) is 0.618. The molecule has 15 heteroatoms. The molecule has 3 saturated heterocycles. The molecule has 3 amide bonds. The van der Waals surface area contributed by atoms with Crippen LogP contribution in [0.15, 0.2) is 53.0 Å². The van der Waals surface area contributed by atoms with E-state index in [1.165, 1.54) is 0 Å². The van der Waals surface area contributed by atoms with E-state index in [9.17, 15) is 14.4 Å². The molecule has 0 saturated carbocycles. The molecule has 4 aliphatic rings. The van der Waals surface area contributed by atoms with E-state index < -0.39 is 12.5 Å². The minimum absolute atomic E-state index is 0.0159.